The lowest BCUT2D eigenvalue weighted by Gasteiger charge is -2.30. The van der Waals surface area contributed by atoms with Gasteiger partial charge in [0.25, 0.3) is 0 Å². The van der Waals surface area contributed by atoms with E-state index in [-0.39, 0.29) is 11.9 Å². The molecule has 0 bridgehead atoms. The maximum Gasteiger partial charge on any atom is 0.161 e. The second-order valence-electron chi connectivity index (χ2n) is 7.64. The summed E-state index contributed by atoms with van der Waals surface area (Å²) < 4.78 is 18.5. The number of hydrogen-bond acceptors (Lipinski definition) is 6. The molecule has 7 heteroatoms. The molecule has 1 N–H and O–H groups in total. The fraction of sp³-hybridized carbons (Fsp3) is 0.348. The Balaban J connectivity index is 1.62. The Bertz CT molecular complexity index is 981. The molecule has 0 fully saturated rings. The van der Waals surface area contributed by atoms with E-state index in [2.05, 4.69) is 22.1 Å². The van der Waals surface area contributed by atoms with Crippen molar-refractivity contribution in [2.45, 2.75) is 32.5 Å². The van der Waals surface area contributed by atoms with Crippen molar-refractivity contribution < 1.29 is 9.13 Å². The van der Waals surface area contributed by atoms with Crippen LogP contribution in [0.4, 0.5) is 10.2 Å². The highest BCUT2D eigenvalue weighted by atomic mass is 19.1. The number of halogens is 1. The highest BCUT2D eigenvalue weighted by molar-refractivity contribution is 5.60. The van der Waals surface area contributed by atoms with Crippen molar-refractivity contribution >= 4 is 5.82 Å². The number of benzene rings is 1. The van der Waals surface area contributed by atoms with Gasteiger partial charge in [0.15, 0.2) is 5.82 Å². The van der Waals surface area contributed by atoms with E-state index in [9.17, 15) is 4.39 Å². The standard InChI is InChI=1S/C23H26FN5O/c1-16(15-30-2)26-23-20-14-29(13-17-3-5-19(24)6-4-17)12-9-21(20)27-22(28-23)18-7-10-25-11-8-18/h3-8,10-11,16H,9,12-15H2,1-2H3,(H,26,27,28). The van der Waals surface area contributed by atoms with Gasteiger partial charge in [-0.2, -0.15) is 0 Å². The Morgan fingerprint density at radius 1 is 1.13 bits per heavy atom. The van der Waals surface area contributed by atoms with Crippen LogP contribution in [-0.4, -0.2) is 46.2 Å². The summed E-state index contributed by atoms with van der Waals surface area (Å²) in [5.74, 6) is 1.34. The molecular formula is C23H26FN5O. The predicted octanol–water partition coefficient (Wildman–Crippen LogP) is 3.68. The highest BCUT2D eigenvalue weighted by Gasteiger charge is 2.24. The van der Waals surface area contributed by atoms with Gasteiger partial charge in [-0.25, -0.2) is 14.4 Å². The van der Waals surface area contributed by atoms with Gasteiger partial charge >= 0.3 is 0 Å². The van der Waals surface area contributed by atoms with E-state index in [4.69, 9.17) is 14.7 Å². The van der Waals surface area contributed by atoms with E-state index in [1.54, 1.807) is 19.5 Å². The van der Waals surface area contributed by atoms with Crippen molar-refractivity contribution in [2.75, 3.05) is 25.6 Å². The second-order valence-corrected chi connectivity index (χ2v) is 7.64. The van der Waals surface area contributed by atoms with Gasteiger partial charge in [-0.15, -0.1) is 0 Å². The number of nitrogens with zero attached hydrogens (tertiary/aromatic N) is 4. The molecule has 4 rings (SSSR count). The molecule has 0 amide bonds. The molecule has 1 aromatic carbocycles. The van der Waals surface area contributed by atoms with Crippen molar-refractivity contribution in [3.8, 4) is 11.4 Å². The Morgan fingerprint density at radius 2 is 1.90 bits per heavy atom. The number of rotatable bonds is 7. The SMILES string of the molecule is COCC(C)Nc1nc(-c2ccncc2)nc2c1CN(Cc1ccc(F)cc1)CC2. The molecule has 1 aliphatic rings. The number of methoxy groups -OCH3 is 1. The maximum atomic E-state index is 13.2. The lowest BCUT2D eigenvalue weighted by Crippen LogP contribution is -2.33. The van der Waals surface area contributed by atoms with Crippen molar-refractivity contribution in [3.63, 3.8) is 0 Å². The Kier molecular flexibility index (Phi) is 6.30. The summed E-state index contributed by atoms with van der Waals surface area (Å²) in [4.78, 5) is 16.1. The second kappa shape index (κ2) is 9.28. The van der Waals surface area contributed by atoms with Gasteiger partial charge in [-0.3, -0.25) is 9.88 Å². The smallest absolute Gasteiger partial charge is 0.161 e. The first-order valence-electron chi connectivity index (χ1n) is 10.1. The topological polar surface area (TPSA) is 63.2 Å². The number of anilines is 1. The molecule has 1 unspecified atom stereocenters. The molecule has 0 radical (unpaired) electrons. The van der Waals surface area contributed by atoms with E-state index >= 15 is 0 Å². The Morgan fingerprint density at radius 3 is 2.63 bits per heavy atom. The summed E-state index contributed by atoms with van der Waals surface area (Å²) in [5.41, 5.74) is 4.23. The summed E-state index contributed by atoms with van der Waals surface area (Å²) in [7, 11) is 1.69. The molecule has 2 aromatic heterocycles. The predicted molar refractivity (Wildman–Crippen MR) is 114 cm³/mol. The molecule has 0 saturated carbocycles. The first kappa shape index (κ1) is 20.4. The van der Waals surface area contributed by atoms with E-state index in [0.717, 1.165) is 54.3 Å². The van der Waals surface area contributed by atoms with Gasteiger partial charge in [0.05, 0.1) is 12.3 Å². The van der Waals surface area contributed by atoms with E-state index in [0.29, 0.717) is 12.4 Å². The van der Waals surface area contributed by atoms with Crippen molar-refractivity contribution in [1.82, 2.24) is 19.9 Å². The Hall–Kier alpha value is -2.90. The van der Waals surface area contributed by atoms with Crippen molar-refractivity contribution in [1.29, 1.82) is 0 Å². The summed E-state index contributed by atoms with van der Waals surface area (Å²) in [5, 5.41) is 3.50. The molecule has 3 aromatic rings. The van der Waals surface area contributed by atoms with Crippen molar-refractivity contribution in [2.24, 2.45) is 0 Å². The zero-order chi connectivity index (χ0) is 20.9. The largest absolute Gasteiger partial charge is 0.383 e. The normalized spacial score (nSPS) is 14.9. The van der Waals surface area contributed by atoms with Crippen LogP contribution in [0.1, 0.15) is 23.7 Å². The number of pyridine rings is 1. The quantitative estimate of drug-likeness (QED) is 0.645. The number of ether oxygens (including phenoxy) is 1. The summed E-state index contributed by atoms with van der Waals surface area (Å²) >= 11 is 0. The first-order chi connectivity index (χ1) is 14.6. The zero-order valence-electron chi connectivity index (χ0n) is 17.3. The summed E-state index contributed by atoms with van der Waals surface area (Å²) in [6, 6.07) is 10.7. The summed E-state index contributed by atoms with van der Waals surface area (Å²) in [6.45, 7) is 5.06. The molecule has 6 nitrogen and oxygen atoms in total. The lowest BCUT2D eigenvalue weighted by atomic mass is 10.0. The number of hydrogen-bond donors (Lipinski definition) is 1. The van der Waals surface area contributed by atoms with Crippen LogP contribution in [0.2, 0.25) is 0 Å². The van der Waals surface area contributed by atoms with Crippen molar-refractivity contribution in [3.05, 3.63) is 71.4 Å². The average Bonchev–Trinajstić information content (AvgIpc) is 2.76. The van der Waals surface area contributed by atoms with Gasteiger partial charge < -0.3 is 10.1 Å². The number of aromatic nitrogens is 3. The van der Waals surface area contributed by atoms with Gasteiger partial charge in [-0.1, -0.05) is 12.1 Å². The zero-order valence-corrected chi connectivity index (χ0v) is 17.3. The fourth-order valence-electron chi connectivity index (χ4n) is 3.73. The molecule has 3 heterocycles. The first-order valence-corrected chi connectivity index (χ1v) is 10.1. The van der Waals surface area contributed by atoms with Crippen LogP contribution in [-0.2, 0) is 24.2 Å². The van der Waals surface area contributed by atoms with E-state index in [1.165, 1.54) is 12.1 Å². The molecule has 0 saturated heterocycles. The molecule has 1 aliphatic heterocycles. The monoisotopic (exact) mass is 407 g/mol. The average molecular weight is 407 g/mol. The van der Waals surface area contributed by atoms with Gasteiger partial charge in [0, 0.05) is 62.7 Å². The third-order valence-electron chi connectivity index (χ3n) is 5.20. The van der Waals surface area contributed by atoms with Crippen LogP contribution in [0.15, 0.2) is 48.8 Å². The van der Waals surface area contributed by atoms with E-state index in [1.807, 2.05) is 24.3 Å². The lowest BCUT2D eigenvalue weighted by molar-refractivity contribution is 0.190. The Labute approximate surface area is 176 Å². The minimum atomic E-state index is -0.210. The molecule has 30 heavy (non-hydrogen) atoms. The van der Waals surface area contributed by atoms with Crippen LogP contribution in [0.25, 0.3) is 11.4 Å². The highest BCUT2D eigenvalue weighted by Crippen LogP contribution is 2.28. The number of nitrogens with one attached hydrogen (secondary N) is 1. The molecule has 1 atom stereocenters. The molecule has 0 aliphatic carbocycles. The third-order valence-corrected chi connectivity index (χ3v) is 5.20. The van der Waals surface area contributed by atoms with Crippen LogP contribution >= 0.6 is 0 Å². The third kappa shape index (κ3) is 4.80. The van der Waals surface area contributed by atoms with Gasteiger partial charge in [0.1, 0.15) is 11.6 Å². The summed E-state index contributed by atoms with van der Waals surface area (Å²) in [6.07, 6.45) is 4.34. The fourth-order valence-corrected chi connectivity index (χ4v) is 3.73. The molecule has 156 valence electrons. The van der Waals surface area contributed by atoms with E-state index < -0.39 is 0 Å². The molecule has 0 spiro atoms. The van der Waals surface area contributed by atoms with Crippen LogP contribution < -0.4 is 5.32 Å². The maximum absolute atomic E-state index is 13.2. The van der Waals surface area contributed by atoms with Crippen LogP contribution in [0.3, 0.4) is 0 Å². The number of fused-ring (bicyclic) bond motifs is 1. The van der Waals surface area contributed by atoms with Crippen LogP contribution in [0.5, 0.6) is 0 Å². The minimum absolute atomic E-state index is 0.117. The van der Waals surface area contributed by atoms with Gasteiger partial charge in [0.2, 0.25) is 0 Å². The minimum Gasteiger partial charge on any atom is -0.383 e. The van der Waals surface area contributed by atoms with Crippen LogP contribution in [0, 0.1) is 5.82 Å². The molecular weight excluding hydrogens is 381 g/mol. The van der Waals surface area contributed by atoms with Gasteiger partial charge in [-0.05, 0) is 36.8 Å².